The van der Waals surface area contributed by atoms with Crippen LogP contribution in [0.15, 0.2) is 84.9 Å². The lowest BCUT2D eigenvalue weighted by atomic mass is 9.95. The van der Waals surface area contributed by atoms with Crippen LogP contribution in [-0.4, -0.2) is 73.8 Å². The van der Waals surface area contributed by atoms with Crippen LogP contribution in [0.5, 0.6) is 5.75 Å². The minimum atomic E-state index is -1.15. The summed E-state index contributed by atoms with van der Waals surface area (Å²) < 4.78 is 11.0. The zero-order chi connectivity index (χ0) is 30.6. The van der Waals surface area contributed by atoms with Gasteiger partial charge in [-0.1, -0.05) is 85.6 Å². The maximum absolute atomic E-state index is 13.8. The smallest absolute Gasteiger partial charge is 0.410 e. The highest BCUT2D eigenvalue weighted by atomic mass is 16.6. The SMILES string of the molecule is O=C(NC1(C(=O)NC(Cc2ccccc2)C(=O)NCCCN2CCOCC2)CCCC1)Oc1ccc(-c2ccccc2)cc1. The molecule has 0 bridgehead atoms. The Balaban J connectivity index is 1.20. The molecule has 9 nitrogen and oxygen atoms in total. The molecule has 1 atom stereocenters. The van der Waals surface area contributed by atoms with Crippen molar-refractivity contribution >= 4 is 17.9 Å². The fourth-order valence-corrected chi connectivity index (χ4v) is 5.88. The summed E-state index contributed by atoms with van der Waals surface area (Å²) in [5.74, 6) is -0.219. The van der Waals surface area contributed by atoms with Crippen LogP contribution in [0.4, 0.5) is 4.79 Å². The summed E-state index contributed by atoms with van der Waals surface area (Å²) in [5.41, 5.74) is 1.87. The molecule has 44 heavy (non-hydrogen) atoms. The first kappa shape index (κ1) is 31.2. The number of amides is 3. The van der Waals surface area contributed by atoms with Crippen molar-refractivity contribution in [1.29, 1.82) is 0 Å². The van der Waals surface area contributed by atoms with E-state index in [9.17, 15) is 14.4 Å². The third-order valence-electron chi connectivity index (χ3n) is 8.36. The second kappa shape index (κ2) is 15.5. The molecule has 1 saturated carbocycles. The molecule has 3 aromatic carbocycles. The van der Waals surface area contributed by atoms with Gasteiger partial charge in [0.2, 0.25) is 11.8 Å². The Kier molecular flexibility index (Phi) is 11.0. The normalized spacial score (nSPS) is 16.9. The molecule has 2 fully saturated rings. The number of carbonyl (C=O) groups excluding carboxylic acids is 3. The number of hydrogen-bond acceptors (Lipinski definition) is 6. The summed E-state index contributed by atoms with van der Waals surface area (Å²) in [7, 11) is 0. The van der Waals surface area contributed by atoms with Gasteiger partial charge in [-0.15, -0.1) is 0 Å². The van der Waals surface area contributed by atoms with Crippen molar-refractivity contribution in [2.24, 2.45) is 0 Å². The van der Waals surface area contributed by atoms with Crippen molar-refractivity contribution in [2.45, 2.75) is 50.1 Å². The minimum Gasteiger partial charge on any atom is -0.410 e. The van der Waals surface area contributed by atoms with Crippen molar-refractivity contribution in [2.75, 3.05) is 39.4 Å². The van der Waals surface area contributed by atoms with Gasteiger partial charge in [0.25, 0.3) is 0 Å². The van der Waals surface area contributed by atoms with Crippen molar-refractivity contribution in [3.63, 3.8) is 0 Å². The number of carbonyl (C=O) groups is 3. The van der Waals surface area contributed by atoms with Gasteiger partial charge in [0.15, 0.2) is 0 Å². The number of nitrogens with zero attached hydrogens (tertiary/aromatic N) is 1. The lowest BCUT2D eigenvalue weighted by molar-refractivity contribution is -0.132. The third kappa shape index (κ3) is 8.67. The third-order valence-corrected chi connectivity index (χ3v) is 8.36. The van der Waals surface area contributed by atoms with E-state index in [2.05, 4.69) is 20.9 Å². The zero-order valence-corrected chi connectivity index (χ0v) is 25.1. The van der Waals surface area contributed by atoms with Crippen LogP contribution in [-0.2, 0) is 20.7 Å². The molecule has 3 aromatic rings. The van der Waals surface area contributed by atoms with Crippen molar-refractivity contribution in [1.82, 2.24) is 20.9 Å². The maximum Gasteiger partial charge on any atom is 0.413 e. The average molecular weight is 599 g/mol. The Morgan fingerprint density at radius 1 is 0.841 bits per heavy atom. The molecule has 1 saturated heterocycles. The molecule has 0 aromatic heterocycles. The van der Waals surface area contributed by atoms with Gasteiger partial charge in [0.1, 0.15) is 17.3 Å². The first-order chi connectivity index (χ1) is 21.5. The van der Waals surface area contributed by atoms with Gasteiger partial charge >= 0.3 is 6.09 Å². The minimum absolute atomic E-state index is 0.238. The van der Waals surface area contributed by atoms with E-state index >= 15 is 0 Å². The van der Waals surface area contributed by atoms with E-state index in [0.717, 1.165) is 68.8 Å². The number of hydrogen-bond donors (Lipinski definition) is 3. The fourth-order valence-electron chi connectivity index (χ4n) is 5.88. The summed E-state index contributed by atoms with van der Waals surface area (Å²) in [6, 6.07) is 26.0. The van der Waals surface area contributed by atoms with Crippen LogP contribution in [0.1, 0.15) is 37.7 Å². The molecule has 232 valence electrons. The molecule has 3 N–H and O–H groups in total. The molecule has 1 aliphatic heterocycles. The molecule has 0 spiro atoms. The highest BCUT2D eigenvalue weighted by Gasteiger charge is 2.44. The predicted molar refractivity (Wildman–Crippen MR) is 169 cm³/mol. The topological polar surface area (TPSA) is 109 Å². The van der Waals surface area contributed by atoms with Gasteiger partial charge in [0.05, 0.1) is 13.2 Å². The van der Waals surface area contributed by atoms with Gasteiger partial charge in [-0.05, 0) is 54.6 Å². The Morgan fingerprint density at radius 3 is 2.16 bits per heavy atom. The van der Waals surface area contributed by atoms with E-state index in [4.69, 9.17) is 9.47 Å². The van der Waals surface area contributed by atoms with Gasteiger partial charge in [-0.3, -0.25) is 14.5 Å². The van der Waals surface area contributed by atoms with Crippen molar-refractivity contribution < 1.29 is 23.9 Å². The number of nitrogens with one attached hydrogen (secondary N) is 3. The summed E-state index contributed by atoms with van der Waals surface area (Å²) >= 11 is 0. The Labute approximate surface area is 259 Å². The number of morpholine rings is 1. The Morgan fingerprint density at radius 2 is 1.48 bits per heavy atom. The summed E-state index contributed by atoms with van der Waals surface area (Å²) in [6.07, 6.45) is 2.98. The van der Waals surface area contributed by atoms with Crippen LogP contribution in [0.25, 0.3) is 11.1 Å². The first-order valence-electron chi connectivity index (χ1n) is 15.6. The lowest BCUT2D eigenvalue weighted by Crippen LogP contribution is -2.61. The maximum atomic E-state index is 13.8. The van der Waals surface area contributed by atoms with E-state index in [-0.39, 0.29) is 11.8 Å². The van der Waals surface area contributed by atoms with Gasteiger partial charge in [-0.25, -0.2) is 4.79 Å². The monoisotopic (exact) mass is 598 g/mol. The molecule has 1 heterocycles. The molecule has 0 radical (unpaired) electrons. The summed E-state index contributed by atoms with van der Waals surface area (Å²) in [5, 5.41) is 8.87. The van der Waals surface area contributed by atoms with Crippen molar-refractivity contribution in [3.8, 4) is 16.9 Å². The fraction of sp³-hybridized carbons (Fsp3) is 0.400. The summed E-state index contributed by atoms with van der Waals surface area (Å²) in [4.78, 5) is 42.6. The number of rotatable bonds is 12. The van der Waals surface area contributed by atoms with E-state index in [1.807, 2.05) is 72.8 Å². The Bertz CT molecular complexity index is 1350. The second-order valence-corrected chi connectivity index (χ2v) is 11.5. The molecule has 1 unspecified atom stereocenters. The first-order valence-corrected chi connectivity index (χ1v) is 15.6. The number of ether oxygens (including phenoxy) is 2. The highest BCUT2D eigenvalue weighted by Crippen LogP contribution is 2.31. The lowest BCUT2D eigenvalue weighted by Gasteiger charge is -2.31. The quantitative estimate of drug-likeness (QED) is 0.268. The van der Waals surface area contributed by atoms with Crippen molar-refractivity contribution in [3.05, 3.63) is 90.5 Å². The highest BCUT2D eigenvalue weighted by molar-refractivity contribution is 5.94. The Hall–Kier alpha value is -4.21. The van der Waals surface area contributed by atoms with E-state index in [1.54, 1.807) is 12.1 Å². The van der Waals surface area contributed by atoms with Gasteiger partial charge in [0, 0.05) is 26.1 Å². The largest absolute Gasteiger partial charge is 0.413 e. The van der Waals surface area contributed by atoms with Crippen LogP contribution < -0.4 is 20.7 Å². The predicted octanol–water partition coefficient (Wildman–Crippen LogP) is 4.32. The molecule has 5 rings (SSSR count). The standard InChI is InChI=1S/C35H42N4O5/c40-32(36-20-9-21-39-22-24-43-25-23-39)31(26-27-10-3-1-4-11-27)37-33(41)35(18-7-8-19-35)38-34(42)44-30-16-14-29(15-17-30)28-12-5-2-6-13-28/h1-6,10-17,31H,7-9,18-26H2,(H,36,40)(H,37,41)(H,38,42). The second-order valence-electron chi connectivity index (χ2n) is 11.5. The van der Waals surface area contributed by atoms with Gasteiger partial charge in [-0.2, -0.15) is 0 Å². The van der Waals surface area contributed by atoms with Gasteiger partial charge < -0.3 is 25.4 Å². The van der Waals surface area contributed by atoms with Crippen LogP contribution >= 0.6 is 0 Å². The zero-order valence-electron chi connectivity index (χ0n) is 25.1. The molecular formula is C35H42N4O5. The van der Waals surface area contributed by atoms with E-state index in [0.29, 0.717) is 31.6 Å². The molecule has 1 aliphatic carbocycles. The van der Waals surface area contributed by atoms with Crippen LogP contribution in [0.2, 0.25) is 0 Å². The van der Waals surface area contributed by atoms with Crippen LogP contribution in [0.3, 0.4) is 0 Å². The molecule has 3 amide bonds. The number of benzene rings is 3. The van der Waals surface area contributed by atoms with E-state index in [1.165, 1.54) is 0 Å². The summed E-state index contributed by atoms with van der Waals surface area (Å²) in [6.45, 7) is 4.66. The molecule has 2 aliphatic rings. The van der Waals surface area contributed by atoms with E-state index < -0.39 is 17.7 Å². The van der Waals surface area contributed by atoms with Crippen LogP contribution in [0, 0.1) is 0 Å². The average Bonchev–Trinajstić information content (AvgIpc) is 3.54. The molecule has 9 heteroatoms. The molecular weight excluding hydrogens is 556 g/mol.